The molecule has 1 aliphatic carbocycles. The quantitative estimate of drug-likeness (QED) is 0.549. The summed E-state index contributed by atoms with van der Waals surface area (Å²) in [6.07, 6.45) is 6.49. The Labute approximate surface area is 156 Å². The third-order valence-corrected chi connectivity index (χ3v) is 5.15. The summed E-state index contributed by atoms with van der Waals surface area (Å²) in [5, 5.41) is 7.17. The number of amidine groups is 1. The van der Waals surface area contributed by atoms with E-state index in [1.807, 2.05) is 6.07 Å². The van der Waals surface area contributed by atoms with E-state index in [2.05, 4.69) is 59.0 Å². The van der Waals surface area contributed by atoms with Crippen molar-refractivity contribution in [2.75, 3.05) is 4.90 Å². The molecule has 3 nitrogen and oxygen atoms in total. The number of anilines is 1. The molecule has 2 heterocycles. The van der Waals surface area contributed by atoms with Crippen LogP contribution in [0, 0.1) is 12.7 Å². The summed E-state index contributed by atoms with van der Waals surface area (Å²) >= 11 is 0. The minimum absolute atomic E-state index is 0. The Bertz CT molecular complexity index is 780. The summed E-state index contributed by atoms with van der Waals surface area (Å²) in [4.78, 5) is 2.21. The number of benzene rings is 2. The van der Waals surface area contributed by atoms with Gasteiger partial charge in [0.05, 0.1) is 0 Å². The molecule has 2 aromatic carbocycles. The number of fused-ring (bicyclic) bond motifs is 6. The maximum absolute atomic E-state index is 4.97. The fourth-order valence-electron chi connectivity index (χ4n) is 3.98. The van der Waals surface area contributed by atoms with Crippen molar-refractivity contribution in [2.24, 2.45) is 5.10 Å². The van der Waals surface area contributed by atoms with Crippen LogP contribution in [0.4, 0.5) is 5.69 Å². The number of para-hydroxylation sites is 1. The molecular formula is C20H19IrN3-2. The van der Waals surface area contributed by atoms with Crippen molar-refractivity contribution >= 4 is 11.5 Å². The molecule has 0 spiro atoms. The van der Waals surface area contributed by atoms with Gasteiger partial charge >= 0.3 is 0 Å². The van der Waals surface area contributed by atoms with E-state index in [0.717, 1.165) is 11.5 Å². The van der Waals surface area contributed by atoms with Crippen molar-refractivity contribution in [3.63, 3.8) is 0 Å². The van der Waals surface area contributed by atoms with Crippen LogP contribution in [-0.2, 0) is 20.1 Å². The maximum Gasteiger partial charge on any atom is 0.127 e. The van der Waals surface area contributed by atoms with Crippen LogP contribution in [0.5, 0.6) is 0 Å². The zero-order chi connectivity index (χ0) is 15.2. The Morgan fingerprint density at radius 2 is 1.71 bits per heavy atom. The summed E-state index contributed by atoms with van der Waals surface area (Å²) in [6, 6.07) is 18.7. The Kier molecular flexibility index (Phi) is 4.19. The third-order valence-electron chi connectivity index (χ3n) is 5.15. The first-order chi connectivity index (χ1) is 11.4. The van der Waals surface area contributed by atoms with E-state index in [0.29, 0.717) is 6.04 Å². The fourth-order valence-corrected chi connectivity index (χ4v) is 3.98. The number of hydrogen-bond acceptors (Lipinski definition) is 3. The van der Waals surface area contributed by atoms with Crippen molar-refractivity contribution in [1.29, 1.82) is 0 Å². The van der Waals surface area contributed by atoms with Crippen LogP contribution in [0.15, 0.2) is 47.6 Å². The standard InChI is InChI=1S/C20H19N3.Ir/c1-2-8-15(9-3-1)23-14-22-19-13-7-6-11-17(19)16-10-4-5-12-18(16)20(22)21-23;/h4-7,10-12,14-15H,1-3,8-9H2;/q-2;. The first-order valence-electron chi connectivity index (χ1n) is 8.53. The molecule has 5 rings (SSSR count). The van der Waals surface area contributed by atoms with Crippen molar-refractivity contribution in [3.05, 3.63) is 60.8 Å². The zero-order valence-electron chi connectivity index (χ0n) is 13.4. The third kappa shape index (κ3) is 2.40. The van der Waals surface area contributed by atoms with Crippen LogP contribution in [0.2, 0.25) is 0 Å². The summed E-state index contributed by atoms with van der Waals surface area (Å²) in [6.45, 7) is 2.18. The second kappa shape index (κ2) is 6.34. The van der Waals surface area contributed by atoms with E-state index >= 15 is 0 Å². The second-order valence-electron chi connectivity index (χ2n) is 6.56. The number of hydrazone groups is 1. The molecule has 125 valence electrons. The number of nitrogens with zero attached hydrogens (tertiary/aromatic N) is 3. The van der Waals surface area contributed by atoms with E-state index in [1.165, 1.54) is 48.8 Å². The van der Waals surface area contributed by atoms with Crippen LogP contribution in [0.3, 0.4) is 0 Å². The predicted octanol–water partition coefficient (Wildman–Crippen LogP) is 4.40. The van der Waals surface area contributed by atoms with Gasteiger partial charge in [-0.15, -0.1) is 12.2 Å². The molecule has 0 aromatic heterocycles. The molecule has 24 heavy (non-hydrogen) atoms. The van der Waals surface area contributed by atoms with E-state index in [-0.39, 0.29) is 20.1 Å². The van der Waals surface area contributed by atoms with Crippen molar-refractivity contribution < 1.29 is 20.1 Å². The van der Waals surface area contributed by atoms with E-state index in [1.54, 1.807) is 0 Å². The van der Waals surface area contributed by atoms with Crippen molar-refractivity contribution in [2.45, 2.75) is 38.1 Å². The minimum atomic E-state index is 0. The monoisotopic (exact) mass is 494 g/mol. The molecule has 2 aliphatic heterocycles. The van der Waals surface area contributed by atoms with Gasteiger partial charge in [0, 0.05) is 31.7 Å². The molecule has 4 heteroatoms. The van der Waals surface area contributed by atoms with Crippen LogP contribution >= 0.6 is 0 Å². The summed E-state index contributed by atoms with van der Waals surface area (Å²) < 4.78 is 0. The van der Waals surface area contributed by atoms with Crippen LogP contribution < -0.4 is 4.90 Å². The molecule has 1 radical (unpaired) electrons. The van der Waals surface area contributed by atoms with E-state index in [9.17, 15) is 0 Å². The molecule has 0 bridgehead atoms. The van der Waals surface area contributed by atoms with Gasteiger partial charge in [-0.25, -0.2) is 0 Å². The van der Waals surface area contributed by atoms with Gasteiger partial charge in [0.2, 0.25) is 0 Å². The van der Waals surface area contributed by atoms with Crippen molar-refractivity contribution in [1.82, 2.24) is 5.01 Å². The zero-order valence-corrected chi connectivity index (χ0v) is 15.8. The van der Waals surface area contributed by atoms with Gasteiger partial charge in [-0.05, 0) is 12.8 Å². The first-order valence-corrected chi connectivity index (χ1v) is 8.53. The van der Waals surface area contributed by atoms with Gasteiger partial charge in [-0.3, -0.25) is 0 Å². The van der Waals surface area contributed by atoms with Gasteiger partial charge in [0.25, 0.3) is 0 Å². The van der Waals surface area contributed by atoms with Crippen LogP contribution in [0.25, 0.3) is 11.1 Å². The van der Waals surface area contributed by atoms with Crippen LogP contribution in [-0.4, -0.2) is 16.9 Å². The SMILES string of the molecule is [Ir].[c-]1cccc2c1N1[CH-]N(C3CCCCC3)N=C1c1ccccc1-2. The molecule has 2 aromatic rings. The largest absolute Gasteiger partial charge is 0.476 e. The average molecular weight is 494 g/mol. The Hall–Kier alpha value is -1.64. The van der Waals surface area contributed by atoms with Crippen LogP contribution in [0.1, 0.15) is 37.7 Å². The maximum atomic E-state index is 4.97. The molecule has 3 aliphatic rings. The Morgan fingerprint density at radius 1 is 0.958 bits per heavy atom. The van der Waals surface area contributed by atoms with E-state index in [4.69, 9.17) is 5.10 Å². The normalized spacial score (nSPS) is 19.1. The van der Waals surface area contributed by atoms with Gasteiger partial charge < -0.3 is 9.91 Å². The molecule has 1 fully saturated rings. The molecular weight excluding hydrogens is 474 g/mol. The molecule has 0 amide bonds. The topological polar surface area (TPSA) is 18.8 Å². The van der Waals surface area contributed by atoms with Gasteiger partial charge in [0.15, 0.2) is 0 Å². The average Bonchev–Trinajstić information content (AvgIpc) is 3.09. The van der Waals surface area contributed by atoms with Gasteiger partial charge in [0.1, 0.15) is 5.84 Å². The van der Waals surface area contributed by atoms with Crippen molar-refractivity contribution in [3.8, 4) is 11.1 Å². The number of hydrogen-bond donors (Lipinski definition) is 0. The summed E-state index contributed by atoms with van der Waals surface area (Å²) in [7, 11) is 0. The second-order valence-corrected chi connectivity index (χ2v) is 6.56. The molecule has 1 saturated carbocycles. The summed E-state index contributed by atoms with van der Waals surface area (Å²) in [5.74, 6) is 1.04. The predicted molar refractivity (Wildman–Crippen MR) is 92.7 cm³/mol. The molecule has 0 unspecified atom stereocenters. The number of rotatable bonds is 1. The fraction of sp³-hybridized carbons (Fsp3) is 0.300. The Balaban J connectivity index is 0.00000146. The van der Waals surface area contributed by atoms with E-state index < -0.39 is 0 Å². The molecule has 0 saturated heterocycles. The smallest absolute Gasteiger partial charge is 0.127 e. The minimum Gasteiger partial charge on any atom is -0.476 e. The first kappa shape index (κ1) is 15.9. The summed E-state index contributed by atoms with van der Waals surface area (Å²) in [5.41, 5.74) is 4.83. The van der Waals surface area contributed by atoms with Gasteiger partial charge in [-0.1, -0.05) is 54.8 Å². The Morgan fingerprint density at radius 3 is 2.54 bits per heavy atom. The molecule has 0 N–H and O–H groups in total. The molecule has 0 atom stereocenters. The van der Waals surface area contributed by atoms with Gasteiger partial charge in [-0.2, -0.15) is 29.4 Å².